The Morgan fingerprint density at radius 3 is 2.63 bits per heavy atom. The molecule has 9 heteroatoms. The molecule has 0 unspecified atom stereocenters. The van der Waals surface area contributed by atoms with E-state index in [1.54, 1.807) is 36.4 Å². The highest BCUT2D eigenvalue weighted by Crippen LogP contribution is 2.32. The highest BCUT2D eigenvalue weighted by atomic mass is 16.6. The van der Waals surface area contributed by atoms with Gasteiger partial charge in [0.1, 0.15) is 19.8 Å². The Hall–Kier alpha value is -3.88. The maximum absolute atomic E-state index is 12.4. The number of benzene rings is 2. The molecular weight excluding hydrogens is 392 g/mol. The van der Waals surface area contributed by atoms with Crippen LogP contribution in [0.1, 0.15) is 17.3 Å². The average Bonchev–Trinajstić information content (AvgIpc) is 2.98. The van der Waals surface area contributed by atoms with Crippen LogP contribution in [-0.2, 0) is 19.1 Å². The van der Waals surface area contributed by atoms with Gasteiger partial charge >= 0.3 is 5.97 Å². The molecule has 2 heterocycles. The molecule has 0 bridgehead atoms. The number of nitrogens with one attached hydrogen (secondary N) is 1. The van der Waals surface area contributed by atoms with E-state index in [0.717, 1.165) is 4.90 Å². The molecule has 0 radical (unpaired) electrons. The number of amides is 2. The van der Waals surface area contributed by atoms with E-state index in [2.05, 4.69) is 5.32 Å². The summed E-state index contributed by atoms with van der Waals surface area (Å²) in [4.78, 5) is 49.8. The van der Waals surface area contributed by atoms with Crippen molar-refractivity contribution in [3.63, 3.8) is 0 Å². The third-order valence-corrected chi connectivity index (χ3v) is 4.65. The fourth-order valence-corrected chi connectivity index (χ4v) is 3.19. The van der Waals surface area contributed by atoms with Gasteiger partial charge in [0.15, 0.2) is 17.6 Å². The van der Waals surface area contributed by atoms with E-state index in [4.69, 9.17) is 14.2 Å². The standard InChI is InChI=1S/C21H18N2O7/c1-12(20(26)22-13-6-7-16-17(10-13)29-9-8-28-16)30-18(24)11-23-15-5-3-2-4-14(15)19(25)21(23)27/h2-7,10,12H,8-9,11H2,1H3,(H,22,26)/t12-/m1/s1. The van der Waals surface area contributed by atoms with Gasteiger partial charge in [0.05, 0.1) is 11.3 Å². The summed E-state index contributed by atoms with van der Waals surface area (Å²) in [6.07, 6.45) is -1.12. The molecule has 2 aromatic carbocycles. The SMILES string of the molecule is C[C@@H](OC(=O)CN1C(=O)C(=O)c2ccccc21)C(=O)Nc1ccc2c(c1)OCCO2. The van der Waals surface area contributed by atoms with Crippen LogP contribution in [0.2, 0.25) is 0 Å². The maximum Gasteiger partial charge on any atom is 0.326 e. The molecule has 2 amide bonds. The summed E-state index contributed by atoms with van der Waals surface area (Å²) in [5.74, 6) is -1.74. The zero-order valence-corrected chi connectivity index (χ0v) is 16.0. The number of para-hydroxylation sites is 1. The zero-order chi connectivity index (χ0) is 21.3. The summed E-state index contributed by atoms with van der Waals surface area (Å²) < 4.78 is 16.0. The van der Waals surface area contributed by atoms with Crippen LogP contribution in [0.5, 0.6) is 11.5 Å². The van der Waals surface area contributed by atoms with Crippen LogP contribution in [0.3, 0.4) is 0 Å². The van der Waals surface area contributed by atoms with Gasteiger partial charge < -0.3 is 19.5 Å². The van der Waals surface area contributed by atoms with Gasteiger partial charge in [0.25, 0.3) is 17.6 Å². The minimum absolute atomic E-state index is 0.236. The number of hydrogen-bond acceptors (Lipinski definition) is 7. The number of ether oxygens (including phenoxy) is 3. The molecule has 0 saturated heterocycles. The van der Waals surface area contributed by atoms with E-state index in [1.807, 2.05) is 0 Å². The Morgan fingerprint density at radius 1 is 1.10 bits per heavy atom. The van der Waals surface area contributed by atoms with E-state index >= 15 is 0 Å². The molecular formula is C21H18N2O7. The Labute approximate surface area is 171 Å². The van der Waals surface area contributed by atoms with E-state index < -0.39 is 36.2 Å². The highest BCUT2D eigenvalue weighted by Gasteiger charge is 2.37. The molecule has 0 aromatic heterocycles. The molecule has 154 valence electrons. The largest absolute Gasteiger partial charge is 0.486 e. The zero-order valence-electron chi connectivity index (χ0n) is 16.0. The van der Waals surface area contributed by atoms with Crippen LogP contribution in [0.4, 0.5) is 11.4 Å². The van der Waals surface area contributed by atoms with Crippen LogP contribution >= 0.6 is 0 Å². The number of carbonyl (C=O) groups is 4. The Bertz CT molecular complexity index is 1050. The van der Waals surface area contributed by atoms with Crippen LogP contribution in [0.25, 0.3) is 0 Å². The second kappa shape index (κ2) is 7.86. The first-order chi connectivity index (χ1) is 14.4. The lowest BCUT2D eigenvalue weighted by atomic mass is 10.1. The maximum atomic E-state index is 12.4. The lowest BCUT2D eigenvalue weighted by Gasteiger charge is -2.20. The molecule has 1 atom stereocenters. The van der Waals surface area contributed by atoms with Crippen molar-refractivity contribution in [1.29, 1.82) is 0 Å². The number of hydrogen-bond donors (Lipinski definition) is 1. The van der Waals surface area contributed by atoms with Crippen molar-refractivity contribution in [3.8, 4) is 11.5 Å². The van der Waals surface area contributed by atoms with Gasteiger partial charge in [-0.05, 0) is 31.2 Å². The molecule has 9 nitrogen and oxygen atoms in total. The Morgan fingerprint density at radius 2 is 1.83 bits per heavy atom. The van der Waals surface area contributed by atoms with Crippen LogP contribution in [0.15, 0.2) is 42.5 Å². The molecule has 0 spiro atoms. The summed E-state index contributed by atoms with van der Waals surface area (Å²) in [5, 5.41) is 2.64. The summed E-state index contributed by atoms with van der Waals surface area (Å²) in [6, 6.07) is 11.3. The van der Waals surface area contributed by atoms with Gasteiger partial charge in [-0.15, -0.1) is 0 Å². The van der Waals surface area contributed by atoms with E-state index in [9.17, 15) is 19.2 Å². The number of Topliss-reactive ketones (excluding diaryl/α,β-unsaturated/α-hetero) is 1. The summed E-state index contributed by atoms with van der Waals surface area (Å²) >= 11 is 0. The van der Waals surface area contributed by atoms with Gasteiger partial charge in [-0.3, -0.25) is 24.1 Å². The number of carbonyl (C=O) groups excluding carboxylic acids is 4. The topological polar surface area (TPSA) is 111 Å². The lowest BCUT2D eigenvalue weighted by molar-refractivity contribution is -0.152. The first-order valence-electron chi connectivity index (χ1n) is 9.29. The fourth-order valence-electron chi connectivity index (χ4n) is 3.19. The Kier molecular flexibility index (Phi) is 5.09. The van der Waals surface area contributed by atoms with Crippen molar-refractivity contribution in [1.82, 2.24) is 0 Å². The first-order valence-corrected chi connectivity index (χ1v) is 9.29. The van der Waals surface area contributed by atoms with Crippen molar-refractivity contribution in [3.05, 3.63) is 48.0 Å². The number of anilines is 2. The van der Waals surface area contributed by atoms with Gasteiger partial charge in [-0.25, -0.2) is 0 Å². The summed E-state index contributed by atoms with van der Waals surface area (Å²) in [7, 11) is 0. The number of ketones is 1. The first kappa shape index (κ1) is 19.4. The number of nitrogens with zero attached hydrogens (tertiary/aromatic N) is 1. The fraction of sp³-hybridized carbons (Fsp3) is 0.238. The molecule has 0 aliphatic carbocycles. The number of fused-ring (bicyclic) bond motifs is 2. The second-order valence-electron chi connectivity index (χ2n) is 6.72. The molecule has 0 saturated carbocycles. The summed E-state index contributed by atoms with van der Waals surface area (Å²) in [6.45, 7) is 1.82. The minimum Gasteiger partial charge on any atom is -0.486 e. The smallest absolute Gasteiger partial charge is 0.326 e. The van der Waals surface area contributed by atoms with Crippen molar-refractivity contribution in [2.24, 2.45) is 0 Å². The molecule has 0 fully saturated rings. The molecule has 4 rings (SSSR count). The molecule has 2 aromatic rings. The average molecular weight is 410 g/mol. The van der Waals surface area contributed by atoms with E-state index in [0.29, 0.717) is 36.1 Å². The highest BCUT2D eigenvalue weighted by molar-refractivity contribution is 6.52. The quantitative estimate of drug-likeness (QED) is 0.588. The Balaban J connectivity index is 1.36. The third kappa shape index (κ3) is 3.69. The van der Waals surface area contributed by atoms with E-state index in [-0.39, 0.29) is 5.56 Å². The number of esters is 1. The minimum atomic E-state index is -1.12. The van der Waals surface area contributed by atoms with Crippen LogP contribution in [-0.4, -0.2) is 49.4 Å². The third-order valence-electron chi connectivity index (χ3n) is 4.65. The molecule has 30 heavy (non-hydrogen) atoms. The van der Waals surface area contributed by atoms with Crippen LogP contribution < -0.4 is 19.7 Å². The predicted octanol–water partition coefficient (Wildman–Crippen LogP) is 1.56. The van der Waals surface area contributed by atoms with Crippen molar-refractivity contribution >= 4 is 34.9 Å². The monoisotopic (exact) mass is 410 g/mol. The van der Waals surface area contributed by atoms with Crippen molar-refractivity contribution < 1.29 is 33.4 Å². The predicted molar refractivity (Wildman–Crippen MR) is 105 cm³/mol. The molecule has 2 aliphatic rings. The van der Waals surface area contributed by atoms with Gasteiger partial charge in [0, 0.05) is 11.8 Å². The van der Waals surface area contributed by atoms with E-state index in [1.165, 1.54) is 13.0 Å². The van der Waals surface area contributed by atoms with Gasteiger partial charge in [0.2, 0.25) is 0 Å². The normalized spacial score (nSPS) is 15.4. The van der Waals surface area contributed by atoms with Crippen molar-refractivity contribution in [2.75, 3.05) is 30.0 Å². The van der Waals surface area contributed by atoms with Gasteiger partial charge in [-0.1, -0.05) is 12.1 Å². The van der Waals surface area contributed by atoms with Gasteiger partial charge in [-0.2, -0.15) is 0 Å². The lowest BCUT2D eigenvalue weighted by Crippen LogP contribution is -2.38. The second-order valence-corrected chi connectivity index (χ2v) is 6.72. The van der Waals surface area contributed by atoms with Crippen LogP contribution in [0, 0.1) is 0 Å². The van der Waals surface area contributed by atoms with Crippen molar-refractivity contribution in [2.45, 2.75) is 13.0 Å². The summed E-state index contributed by atoms with van der Waals surface area (Å²) in [5.41, 5.74) is 1.04. The number of rotatable bonds is 5. The molecule has 2 aliphatic heterocycles. The molecule has 1 N–H and O–H groups in total.